The molecule has 4 heterocycles. The molecule has 0 bridgehead atoms. The maximum Gasteiger partial charge on any atom is 0.254 e. The van der Waals surface area contributed by atoms with Gasteiger partial charge in [-0.1, -0.05) is 12.1 Å². The number of anilines is 1. The van der Waals surface area contributed by atoms with Crippen LogP contribution in [0.2, 0.25) is 0 Å². The third-order valence-electron chi connectivity index (χ3n) is 7.56. The van der Waals surface area contributed by atoms with Crippen molar-refractivity contribution >= 4 is 11.7 Å². The molecule has 3 fully saturated rings. The highest BCUT2D eigenvalue weighted by atomic mass is 16.5. The first-order chi connectivity index (χ1) is 16.5. The van der Waals surface area contributed by atoms with Crippen LogP contribution in [0.15, 0.2) is 42.6 Å². The molecule has 0 saturated carbocycles. The third kappa shape index (κ3) is 4.77. The summed E-state index contributed by atoms with van der Waals surface area (Å²) in [5, 5.41) is 3.57. The van der Waals surface area contributed by atoms with Crippen molar-refractivity contribution < 1.29 is 9.53 Å². The summed E-state index contributed by atoms with van der Waals surface area (Å²) in [4.78, 5) is 25.1. The van der Waals surface area contributed by atoms with Gasteiger partial charge in [0.1, 0.15) is 11.6 Å². The fraction of sp³-hybridized carbons (Fsp3) is 0.556. The Hall–Kier alpha value is -2.64. The average molecular weight is 464 g/mol. The topological polar surface area (TPSA) is 60.9 Å². The Morgan fingerprint density at radius 3 is 2.62 bits per heavy atom. The molecule has 3 aliphatic rings. The van der Waals surface area contributed by atoms with Gasteiger partial charge in [0.2, 0.25) is 0 Å². The van der Waals surface area contributed by atoms with E-state index in [0.717, 1.165) is 69.4 Å². The Bertz CT molecular complexity index is 987. The van der Waals surface area contributed by atoms with E-state index in [1.165, 1.54) is 5.56 Å². The Balaban J connectivity index is 1.35. The molecule has 0 spiro atoms. The second-order valence-corrected chi connectivity index (χ2v) is 10.2. The van der Waals surface area contributed by atoms with Crippen molar-refractivity contribution in [1.82, 2.24) is 20.1 Å². The highest BCUT2D eigenvalue weighted by Crippen LogP contribution is 2.41. The molecule has 1 aromatic heterocycles. The second-order valence-electron chi connectivity index (χ2n) is 10.2. The van der Waals surface area contributed by atoms with E-state index in [4.69, 9.17) is 4.74 Å². The van der Waals surface area contributed by atoms with Gasteiger partial charge >= 0.3 is 0 Å². The summed E-state index contributed by atoms with van der Waals surface area (Å²) < 4.78 is 5.83. The molecule has 3 saturated heterocycles. The number of piperidine rings is 1. The minimum atomic E-state index is 0.136. The number of hydrogen-bond donors (Lipinski definition) is 1. The number of benzene rings is 1. The van der Waals surface area contributed by atoms with Crippen molar-refractivity contribution in [1.29, 1.82) is 0 Å². The fourth-order valence-corrected chi connectivity index (χ4v) is 5.73. The van der Waals surface area contributed by atoms with Gasteiger partial charge in [-0.3, -0.25) is 4.79 Å². The Kier molecular flexibility index (Phi) is 6.75. The first kappa shape index (κ1) is 23.1. The lowest BCUT2D eigenvalue weighted by Gasteiger charge is -2.34. The quantitative estimate of drug-likeness (QED) is 0.736. The molecule has 3 atom stereocenters. The second kappa shape index (κ2) is 9.92. The monoisotopic (exact) mass is 463 g/mol. The summed E-state index contributed by atoms with van der Waals surface area (Å²) in [6, 6.07) is 12.6. The number of likely N-dealkylation sites (N-methyl/N-ethyl adjacent to an activating group) is 1. The number of fused-ring (bicyclic) bond motifs is 1. The number of ether oxygens (including phenoxy) is 1. The van der Waals surface area contributed by atoms with Gasteiger partial charge in [0.25, 0.3) is 5.91 Å². The lowest BCUT2D eigenvalue weighted by molar-refractivity contribution is 0.0697. The minimum Gasteiger partial charge on any atom is -0.491 e. The molecule has 0 aliphatic carbocycles. The van der Waals surface area contributed by atoms with Crippen molar-refractivity contribution in [2.45, 2.75) is 38.3 Å². The van der Waals surface area contributed by atoms with Crippen LogP contribution in [-0.4, -0.2) is 85.7 Å². The summed E-state index contributed by atoms with van der Waals surface area (Å²) in [6.45, 7) is 10.7. The van der Waals surface area contributed by atoms with Gasteiger partial charge < -0.3 is 24.8 Å². The van der Waals surface area contributed by atoms with Crippen LogP contribution in [0, 0.1) is 5.92 Å². The van der Waals surface area contributed by atoms with Crippen molar-refractivity contribution in [3.63, 3.8) is 0 Å². The van der Waals surface area contributed by atoms with Gasteiger partial charge in [-0.25, -0.2) is 4.98 Å². The first-order valence-electron chi connectivity index (χ1n) is 12.7. The molecule has 34 heavy (non-hydrogen) atoms. The summed E-state index contributed by atoms with van der Waals surface area (Å²) in [5.74, 6) is 2.70. The maximum absolute atomic E-state index is 13.8. The summed E-state index contributed by atoms with van der Waals surface area (Å²) in [7, 11) is 2.15. The molecular weight excluding hydrogens is 426 g/mol. The zero-order valence-corrected chi connectivity index (χ0v) is 20.6. The molecule has 7 nitrogen and oxygen atoms in total. The van der Waals surface area contributed by atoms with E-state index in [0.29, 0.717) is 11.8 Å². The average Bonchev–Trinajstić information content (AvgIpc) is 3.24. The van der Waals surface area contributed by atoms with Crippen LogP contribution < -0.4 is 15.0 Å². The standard InChI is InChI=1S/C27H37N5O2/c1-19(2)34-22-6-4-20(5-7-22)24-18-32(25-9-10-28-17-23(24)25)27(33)21-8-11-29-26(16-21)31-14-12-30(3)13-15-31/h4-8,11,16,19,23-25,28H,9-10,12-15,17-18H2,1-3H3/t23-,24-,25-/m1/s1. The zero-order valence-electron chi connectivity index (χ0n) is 20.6. The van der Waals surface area contributed by atoms with E-state index < -0.39 is 0 Å². The molecular formula is C27H37N5O2. The smallest absolute Gasteiger partial charge is 0.254 e. The van der Waals surface area contributed by atoms with Crippen molar-refractivity contribution in [3.8, 4) is 5.75 Å². The predicted octanol–water partition coefficient (Wildman–Crippen LogP) is 2.84. The van der Waals surface area contributed by atoms with E-state index in [9.17, 15) is 4.79 Å². The molecule has 1 aromatic carbocycles. The molecule has 0 radical (unpaired) electrons. The number of amides is 1. The number of carbonyl (C=O) groups excluding carboxylic acids is 1. The largest absolute Gasteiger partial charge is 0.491 e. The number of nitrogens with one attached hydrogen (secondary N) is 1. The van der Waals surface area contributed by atoms with Gasteiger partial charge in [-0.2, -0.15) is 0 Å². The lowest BCUT2D eigenvalue weighted by atomic mass is 9.82. The van der Waals surface area contributed by atoms with Crippen LogP contribution in [0.1, 0.15) is 42.1 Å². The Morgan fingerprint density at radius 2 is 1.88 bits per heavy atom. The van der Waals surface area contributed by atoms with Gasteiger partial charge in [-0.15, -0.1) is 0 Å². The number of rotatable bonds is 5. The maximum atomic E-state index is 13.8. The van der Waals surface area contributed by atoms with Gasteiger partial charge in [-0.05, 0) is 63.7 Å². The van der Waals surface area contributed by atoms with Crippen molar-refractivity contribution in [2.24, 2.45) is 5.92 Å². The summed E-state index contributed by atoms with van der Waals surface area (Å²) >= 11 is 0. The highest BCUT2D eigenvalue weighted by Gasteiger charge is 2.45. The number of likely N-dealkylation sites (tertiary alicyclic amines) is 1. The molecule has 0 unspecified atom stereocenters. The number of pyridine rings is 1. The normalized spacial score (nSPS) is 25.5. The van der Waals surface area contributed by atoms with Crippen LogP contribution in [0.5, 0.6) is 5.75 Å². The van der Waals surface area contributed by atoms with Crippen LogP contribution in [0.4, 0.5) is 5.82 Å². The first-order valence-corrected chi connectivity index (χ1v) is 12.7. The number of nitrogens with zero attached hydrogens (tertiary/aromatic N) is 4. The zero-order chi connectivity index (χ0) is 23.7. The summed E-state index contributed by atoms with van der Waals surface area (Å²) in [5.41, 5.74) is 2.04. The molecule has 5 rings (SSSR count). The summed E-state index contributed by atoms with van der Waals surface area (Å²) in [6.07, 6.45) is 2.95. The van der Waals surface area contributed by atoms with Gasteiger partial charge in [0, 0.05) is 68.9 Å². The number of aromatic nitrogens is 1. The molecule has 1 N–H and O–H groups in total. The molecule has 1 amide bonds. The Labute approximate surface area is 203 Å². The van der Waals surface area contributed by atoms with E-state index in [1.54, 1.807) is 6.20 Å². The van der Waals surface area contributed by atoms with E-state index >= 15 is 0 Å². The van der Waals surface area contributed by atoms with E-state index in [2.05, 4.69) is 56.3 Å². The Morgan fingerprint density at radius 1 is 1.12 bits per heavy atom. The van der Waals surface area contributed by atoms with E-state index in [-0.39, 0.29) is 18.1 Å². The van der Waals surface area contributed by atoms with Crippen molar-refractivity contribution in [3.05, 3.63) is 53.7 Å². The molecule has 7 heteroatoms. The van der Waals surface area contributed by atoms with E-state index in [1.807, 2.05) is 26.0 Å². The van der Waals surface area contributed by atoms with Crippen LogP contribution >= 0.6 is 0 Å². The molecule has 182 valence electrons. The SMILES string of the molecule is CC(C)Oc1ccc([C@H]2CN(C(=O)c3ccnc(N4CCN(C)CC4)c3)[C@@H]3CCNC[C@H]23)cc1. The number of carbonyl (C=O) groups is 1. The third-order valence-corrected chi connectivity index (χ3v) is 7.56. The lowest BCUT2D eigenvalue weighted by Crippen LogP contribution is -2.46. The van der Waals surface area contributed by atoms with Gasteiger partial charge in [0.05, 0.1) is 6.10 Å². The van der Waals surface area contributed by atoms with Crippen molar-refractivity contribution in [2.75, 3.05) is 57.8 Å². The van der Waals surface area contributed by atoms with Gasteiger partial charge in [0.15, 0.2) is 0 Å². The molecule has 3 aliphatic heterocycles. The highest BCUT2D eigenvalue weighted by molar-refractivity contribution is 5.95. The van der Waals surface area contributed by atoms with Crippen LogP contribution in [-0.2, 0) is 0 Å². The minimum absolute atomic E-state index is 0.136. The van der Waals surface area contributed by atoms with Crippen LogP contribution in [0.3, 0.4) is 0 Å². The number of piperazine rings is 1. The predicted molar refractivity (Wildman–Crippen MR) is 135 cm³/mol. The fourth-order valence-electron chi connectivity index (χ4n) is 5.73. The number of hydrogen-bond acceptors (Lipinski definition) is 6. The molecule has 2 aromatic rings. The van der Waals surface area contributed by atoms with Crippen LogP contribution in [0.25, 0.3) is 0 Å².